The van der Waals surface area contributed by atoms with Gasteiger partial charge in [-0.15, -0.1) is 12.8 Å². The zero-order chi connectivity index (χ0) is 31.0. The monoisotopic (exact) mass is 568 g/mol. The second-order valence-electron chi connectivity index (χ2n) is 9.85. The highest BCUT2D eigenvalue weighted by molar-refractivity contribution is 5.14. The first-order valence-corrected chi connectivity index (χ1v) is 14.1. The van der Waals surface area contributed by atoms with Crippen LogP contribution in [0.25, 0.3) is 0 Å². The van der Waals surface area contributed by atoms with E-state index in [1.807, 2.05) is 23.1 Å². The molecule has 3 rings (SSSR count). The van der Waals surface area contributed by atoms with E-state index in [1.54, 1.807) is 4.90 Å². The van der Waals surface area contributed by atoms with E-state index in [0.717, 1.165) is 72.0 Å². The number of hydrogen-bond acceptors (Lipinski definition) is 12. The van der Waals surface area contributed by atoms with Gasteiger partial charge in [-0.05, 0) is 0 Å². The molecule has 0 aliphatic carbocycles. The SMILES string of the molecule is C#CC(C#N)N1CCN(C(C#N)C#N)CC1.C#CCN1CCN(CC#N)CC1.N#CCCN1CCN(CCC#N)CC1. The maximum atomic E-state index is 8.79. The van der Waals surface area contributed by atoms with Crippen LogP contribution in [0.1, 0.15) is 12.8 Å². The van der Waals surface area contributed by atoms with Crippen LogP contribution in [-0.4, -0.2) is 146 Å². The van der Waals surface area contributed by atoms with Crippen molar-refractivity contribution in [3.8, 4) is 61.1 Å². The summed E-state index contributed by atoms with van der Waals surface area (Å²) >= 11 is 0. The maximum Gasteiger partial charge on any atom is 0.186 e. The fourth-order valence-electron chi connectivity index (χ4n) is 4.66. The molecule has 3 aliphatic rings. The number of piperazine rings is 3. The highest BCUT2D eigenvalue weighted by Gasteiger charge is 2.26. The molecular formula is C30H40N12. The molecule has 0 N–H and O–H groups in total. The predicted octanol–water partition coefficient (Wildman–Crippen LogP) is -0.263. The first-order valence-electron chi connectivity index (χ1n) is 14.1. The van der Waals surface area contributed by atoms with Crippen LogP contribution in [0.15, 0.2) is 0 Å². The van der Waals surface area contributed by atoms with Crippen molar-refractivity contribution in [2.45, 2.75) is 24.9 Å². The van der Waals surface area contributed by atoms with E-state index in [9.17, 15) is 0 Å². The smallest absolute Gasteiger partial charge is 0.186 e. The molecule has 3 saturated heterocycles. The van der Waals surface area contributed by atoms with Crippen LogP contribution in [0.4, 0.5) is 0 Å². The van der Waals surface area contributed by atoms with E-state index >= 15 is 0 Å². The van der Waals surface area contributed by atoms with E-state index in [-0.39, 0.29) is 0 Å². The van der Waals surface area contributed by atoms with Crippen molar-refractivity contribution in [2.75, 3.05) is 105 Å². The normalized spacial score (nSPS) is 19.2. The molecule has 12 heteroatoms. The Morgan fingerprint density at radius 2 is 0.857 bits per heavy atom. The van der Waals surface area contributed by atoms with Crippen molar-refractivity contribution in [3.05, 3.63) is 0 Å². The van der Waals surface area contributed by atoms with Crippen LogP contribution < -0.4 is 0 Å². The van der Waals surface area contributed by atoms with Gasteiger partial charge in [-0.3, -0.25) is 29.4 Å². The predicted molar refractivity (Wildman–Crippen MR) is 157 cm³/mol. The van der Waals surface area contributed by atoms with E-state index in [4.69, 9.17) is 44.4 Å². The van der Waals surface area contributed by atoms with Crippen LogP contribution in [-0.2, 0) is 0 Å². The molecule has 42 heavy (non-hydrogen) atoms. The fraction of sp³-hybridized carbons (Fsp3) is 0.667. The van der Waals surface area contributed by atoms with Gasteiger partial charge in [-0.25, -0.2) is 0 Å². The minimum atomic E-state index is -0.700. The Hall–Kier alpha value is -4.18. The van der Waals surface area contributed by atoms with E-state index in [1.165, 1.54) is 0 Å². The van der Waals surface area contributed by atoms with Gasteiger partial charge in [0.05, 0.1) is 49.5 Å². The van der Waals surface area contributed by atoms with Gasteiger partial charge in [0.25, 0.3) is 0 Å². The molecular weight excluding hydrogens is 528 g/mol. The molecule has 3 aliphatic heterocycles. The number of terminal acetylenes is 2. The van der Waals surface area contributed by atoms with Crippen molar-refractivity contribution in [1.82, 2.24) is 29.4 Å². The van der Waals surface area contributed by atoms with Crippen molar-refractivity contribution < 1.29 is 0 Å². The van der Waals surface area contributed by atoms with E-state index in [0.29, 0.717) is 45.6 Å². The van der Waals surface area contributed by atoms with E-state index < -0.39 is 12.1 Å². The topological polar surface area (TPSA) is 162 Å². The van der Waals surface area contributed by atoms with Gasteiger partial charge < -0.3 is 0 Å². The fourth-order valence-corrected chi connectivity index (χ4v) is 4.66. The van der Waals surface area contributed by atoms with Crippen LogP contribution in [0, 0.1) is 92.7 Å². The first kappa shape index (κ1) is 35.8. The van der Waals surface area contributed by atoms with Crippen molar-refractivity contribution in [1.29, 1.82) is 31.6 Å². The Morgan fingerprint density at radius 1 is 0.476 bits per heavy atom. The van der Waals surface area contributed by atoms with E-state index in [2.05, 4.69) is 49.6 Å². The molecule has 1 atom stereocenters. The summed E-state index contributed by atoms with van der Waals surface area (Å²) in [6.45, 7) is 13.5. The first-order chi connectivity index (χ1) is 20.5. The van der Waals surface area contributed by atoms with Gasteiger partial charge in [-0.1, -0.05) is 11.8 Å². The number of rotatable bonds is 8. The third kappa shape index (κ3) is 13.9. The van der Waals surface area contributed by atoms with Crippen LogP contribution >= 0.6 is 0 Å². The van der Waals surface area contributed by atoms with Gasteiger partial charge in [0.2, 0.25) is 0 Å². The molecule has 0 bridgehead atoms. The average molecular weight is 569 g/mol. The Bertz CT molecular complexity index is 987. The lowest BCUT2D eigenvalue weighted by molar-refractivity contribution is 0.125. The van der Waals surface area contributed by atoms with Crippen LogP contribution in [0.3, 0.4) is 0 Å². The van der Waals surface area contributed by atoms with Crippen LogP contribution in [0.5, 0.6) is 0 Å². The maximum absolute atomic E-state index is 8.79. The second-order valence-corrected chi connectivity index (χ2v) is 9.85. The second kappa shape index (κ2) is 22.5. The molecule has 0 aromatic heterocycles. The van der Waals surface area contributed by atoms with Gasteiger partial charge >= 0.3 is 0 Å². The molecule has 12 nitrogen and oxygen atoms in total. The minimum absolute atomic E-state index is 0.509. The lowest BCUT2D eigenvalue weighted by Gasteiger charge is -2.35. The molecule has 0 radical (unpaired) electrons. The van der Waals surface area contributed by atoms with Gasteiger partial charge in [0.15, 0.2) is 12.1 Å². The molecule has 0 spiro atoms. The molecule has 220 valence electrons. The highest BCUT2D eigenvalue weighted by atomic mass is 15.3. The molecule has 1 unspecified atom stereocenters. The Labute approximate surface area is 251 Å². The average Bonchev–Trinajstić information content (AvgIpc) is 3.03. The quantitative estimate of drug-likeness (QED) is 0.279. The van der Waals surface area contributed by atoms with Crippen molar-refractivity contribution in [2.24, 2.45) is 0 Å². The Kier molecular flexibility index (Phi) is 19.2. The summed E-state index contributed by atoms with van der Waals surface area (Å²) in [7, 11) is 0. The third-order valence-corrected chi connectivity index (χ3v) is 7.22. The highest BCUT2D eigenvalue weighted by Crippen LogP contribution is 2.08. The summed E-state index contributed by atoms with van der Waals surface area (Å²) in [5, 5.41) is 51.6. The summed E-state index contributed by atoms with van der Waals surface area (Å²) in [6.07, 6.45) is 11.7. The molecule has 3 fully saturated rings. The summed E-state index contributed by atoms with van der Waals surface area (Å²) in [5.41, 5.74) is 0. The standard InChI is InChI=1S/C11H11N5.C10H16N4.C9H13N3/c1-2-10(7-12)15-3-5-16(6-4-15)11(8-13)9-14;11-3-1-5-13-7-9-14(10-8-13)6-2-4-12;1-2-4-11-6-8-12(5-3-10)9-7-11/h1,10-11H,3-6H2;1-2,5-10H2;1H,4-9H2. The largest absolute Gasteiger partial charge is 0.300 e. The Morgan fingerprint density at radius 3 is 1.19 bits per heavy atom. The molecule has 0 amide bonds. The lowest BCUT2D eigenvalue weighted by atomic mass is 10.2. The molecule has 3 heterocycles. The summed E-state index contributed by atoms with van der Waals surface area (Å²) < 4.78 is 0. The molecule has 0 aromatic rings. The molecule has 0 aromatic carbocycles. The number of nitriles is 6. The zero-order valence-corrected chi connectivity index (χ0v) is 24.4. The summed E-state index contributed by atoms with van der Waals surface area (Å²) in [4.78, 5) is 12.7. The summed E-state index contributed by atoms with van der Waals surface area (Å²) in [6, 6.07) is 11.2. The van der Waals surface area contributed by atoms with Crippen molar-refractivity contribution in [3.63, 3.8) is 0 Å². The number of hydrogen-bond donors (Lipinski definition) is 0. The summed E-state index contributed by atoms with van der Waals surface area (Å²) in [5.74, 6) is 5.04. The van der Waals surface area contributed by atoms with Crippen molar-refractivity contribution >= 4 is 0 Å². The third-order valence-electron chi connectivity index (χ3n) is 7.22. The Balaban J connectivity index is 0.000000318. The molecule has 0 saturated carbocycles. The van der Waals surface area contributed by atoms with Gasteiger partial charge in [0, 0.05) is 104 Å². The minimum Gasteiger partial charge on any atom is -0.300 e. The zero-order valence-electron chi connectivity index (χ0n) is 24.4. The van der Waals surface area contributed by atoms with Gasteiger partial charge in [-0.2, -0.15) is 31.6 Å². The van der Waals surface area contributed by atoms with Crippen LogP contribution in [0.2, 0.25) is 0 Å². The number of nitrogens with zero attached hydrogens (tertiary/aromatic N) is 12. The van der Waals surface area contributed by atoms with Gasteiger partial charge in [0.1, 0.15) is 0 Å². The lowest BCUT2D eigenvalue weighted by Crippen LogP contribution is -2.52.